The number of hydrogen-bond donors (Lipinski definition) is 2. The maximum absolute atomic E-state index is 12.0. The number of nitrogens with one attached hydrogen (secondary N) is 2. The first kappa shape index (κ1) is 20.5. The Morgan fingerprint density at radius 1 is 1.14 bits per heavy atom. The summed E-state index contributed by atoms with van der Waals surface area (Å²) in [6.07, 6.45) is 4.47. The van der Waals surface area contributed by atoms with E-state index in [2.05, 4.69) is 31.5 Å². The lowest BCUT2D eigenvalue weighted by atomic mass is 10.2. The summed E-state index contributed by atoms with van der Waals surface area (Å²) in [5.41, 5.74) is 0.744. The van der Waals surface area contributed by atoms with Gasteiger partial charge in [-0.1, -0.05) is 23.2 Å². The van der Waals surface area contributed by atoms with E-state index in [0.717, 1.165) is 10.0 Å². The number of rotatable bonds is 4. The number of furan rings is 1. The van der Waals surface area contributed by atoms with E-state index >= 15 is 0 Å². The van der Waals surface area contributed by atoms with Gasteiger partial charge in [-0.2, -0.15) is 0 Å². The van der Waals surface area contributed by atoms with E-state index in [9.17, 15) is 4.79 Å². The fourth-order valence-corrected chi connectivity index (χ4v) is 3.17. The number of carbonyl (C=O) groups excluding carboxylic acids is 1. The lowest BCUT2D eigenvalue weighted by Gasteiger charge is -2.06. The SMILES string of the molecule is O=C(/C=C/c1ccc(-c2cc(Cl)cc(Cl)c2)o1)NC(=S)Nc1ccc(Br)cn1. The Hall–Kier alpha value is -2.19. The molecule has 9 heteroatoms. The average molecular weight is 497 g/mol. The lowest BCUT2D eigenvalue weighted by molar-refractivity contribution is -0.115. The summed E-state index contributed by atoms with van der Waals surface area (Å²) in [6.45, 7) is 0. The molecule has 0 saturated carbocycles. The molecular weight excluding hydrogens is 485 g/mol. The monoisotopic (exact) mass is 495 g/mol. The van der Waals surface area contributed by atoms with Crippen molar-refractivity contribution in [3.63, 3.8) is 0 Å². The number of thiocarbonyl (C=S) groups is 1. The first-order valence-electron chi connectivity index (χ1n) is 7.87. The highest BCUT2D eigenvalue weighted by atomic mass is 79.9. The Bertz CT molecular complexity index is 1030. The molecule has 1 aromatic carbocycles. The molecule has 0 radical (unpaired) electrons. The van der Waals surface area contributed by atoms with Crippen LogP contribution in [0.3, 0.4) is 0 Å². The summed E-state index contributed by atoms with van der Waals surface area (Å²) < 4.78 is 6.54. The summed E-state index contributed by atoms with van der Waals surface area (Å²) in [7, 11) is 0. The number of hydrogen-bond acceptors (Lipinski definition) is 4. The number of benzene rings is 1. The van der Waals surface area contributed by atoms with Crippen LogP contribution in [0.15, 0.2) is 63.6 Å². The summed E-state index contributed by atoms with van der Waals surface area (Å²) in [6, 6.07) is 12.2. The number of anilines is 1. The van der Waals surface area contributed by atoms with Crippen molar-refractivity contribution in [1.82, 2.24) is 10.3 Å². The number of amides is 1. The fraction of sp³-hybridized carbons (Fsp3) is 0. The van der Waals surface area contributed by atoms with Crippen LogP contribution in [-0.4, -0.2) is 16.0 Å². The van der Waals surface area contributed by atoms with Gasteiger partial charge in [0.2, 0.25) is 5.91 Å². The van der Waals surface area contributed by atoms with Gasteiger partial charge in [0.1, 0.15) is 17.3 Å². The maximum Gasteiger partial charge on any atom is 0.250 e. The molecule has 1 amide bonds. The third kappa shape index (κ3) is 5.90. The molecule has 3 rings (SSSR count). The molecule has 0 atom stereocenters. The number of nitrogens with zero attached hydrogens (tertiary/aromatic N) is 1. The lowest BCUT2D eigenvalue weighted by Crippen LogP contribution is -2.33. The molecule has 28 heavy (non-hydrogen) atoms. The van der Waals surface area contributed by atoms with Crippen LogP contribution in [0, 0.1) is 0 Å². The van der Waals surface area contributed by atoms with Crippen molar-refractivity contribution in [1.29, 1.82) is 0 Å². The molecule has 142 valence electrons. The van der Waals surface area contributed by atoms with E-state index < -0.39 is 5.91 Å². The second-order valence-electron chi connectivity index (χ2n) is 5.50. The predicted molar refractivity (Wildman–Crippen MR) is 119 cm³/mol. The average Bonchev–Trinajstić information content (AvgIpc) is 3.10. The molecule has 0 aliphatic carbocycles. The Morgan fingerprint density at radius 3 is 2.57 bits per heavy atom. The van der Waals surface area contributed by atoms with Gasteiger partial charge in [0.15, 0.2) is 5.11 Å². The van der Waals surface area contributed by atoms with Crippen molar-refractivity contribution in [3.05, 3.63) is 75.0 Å². The summed E-state index contributed by atoms with van der Waals surface area (Å²) in [5, 5.41) is 6.51. The van der Waals surface area contributed by atoms with Gasteiger partial charge < -0.3 is 9.73 Å². The highest BCUT2D eigenvalue weighted by Crippen LogP contribution is 2.28. The summed E-state index contributed by atoms with van der Waals surface area (Å²) in [5.74, 6) is 1.20. The van der Waals surface area contributed by atoms with Crippen molar-refractivity contribution in [2.24, 2.45) is 0 Å². The van der Waals surface area contributed by atoms with E-state index in [0.29, 0.717) is 27.4 Å². The zero-order valence-corrected chi connectivity index (χ0v) is 18.0. The molecule has 2 N–H and O–H groups in total. The number of aromatic nitrogens is 1. The van der Waals surface area contributed by atoms with Crippen molar-refractivity contribution in [2.75, 3.05) is 5.32 Å². The molecule has 5 nitrogen and oxygen atoms in total. The Morgan fingerprint density at radius 2 is 1.89 bits per heavy atom. The van der Waals surface area contributed by atoms with Gasteiger partial charge in [-0.15, -0.1) is 0 Å². The van der Waals surface area contributed by atoms with Crippen molar-refractivity contribution < 1.29 is 9.21 Å². The van der Waals surface area contributed by atoms with E-state index in [4.69, 9.17) is 39.8 Å². The quantitative estimate of drug-likeness (QED) is 0.345. The zero-order chi connectivity index (χ0) is 20.1. The van der Waals surface area contributed by atoms with Crippen LogP contribution >= 0.6 is 51.3 Å². The van der Waals surface area contributed by atoms with Gasteiger partial charge in [0.25, 0.3) is 0 Å². The molecule has 0 aliphatic rings. The normalized spacial score (nSPS) is 10.8. The van der Waals surface area contributed by atoms with E-state index in [1.807, 2.05) is 0 Å². The molecule has 0 fully saturated rings. The topological polar surface area (TPSA) is 67.2 Å². The van der Waals surface area contributed by atoms with Gasteiger partial charge in [-0.25, -0.2) is 4.98 Å². The van der Waals surface area contributed by atoms with Crippen LogP contribution in [-0.2, 0) is 4.79 Å². The third-order valence-corrected chi connectivity index (χ3v) is 4.49. The van der Waals surface area contributed by atoms with Crippen LogP contribution in [0.4, 0.5) is 5.82 Å². The van der Waals surface area contributed by atoms with E-state index in [-0.39, 0.29) is 5.11 Å². The van der Waals surface area contributed by atoms with Crippen molar-refractivity contribution >= 4 is 74.3 Å². The van der Waals surface area contributed by atoms with Crippen LogP contribution in [0.5, 0.6) is 0 Å². The number of halogens is 3. The van der Waals surface area contributed by atoms with Crippen LogP contribution in [0.1, 0.15) is 5.76 Å². The molecule has 2 aromatic heterocycles. The molecular formula is C19H12BrCl2N3O2S. The minimum absolute atomic E-state index is 0.137. The summed E-state index contributed by atoms with van der Waals surface area (Å²) >= 11 is 20.4. The zero-order valence-electron chi connectivity index (χ0n) is 14.1. The van der Waals surface area contributed by atoms with Gasteiger partial charge in [0, 0.05) is 32.4 Å². The fourth-order valence-electron chi connectivity index (χ4n) is 2.20. The molecule has 3 aromatic rings. The van der Waals surface area contributed by atoms with Gasteiger partial charge in [0.05, 0.1) is 0 Å². The maximum atomic E-state index is 12.0. The number of pyridine rings is 1. The van der Waals surface area contributed by atoms with Gasteiger partial charge in [-0.3, -0.25) is 10.1 Å². The third-order valence-electron chi connectivity index (χ3n) is 3.38. The molecule has 0 spiro atoms. The highest BCUT2D eigenvalue weighted by molar-refractivity contribution is 9.10. The molecule has 0 bridgehead atoms. The summed E-state index contributed by atoms with van der Waals surface area (Å²) in [4.78, 5) is 16.1. The van der Waals surface area contributed by atoms with Gasteiger partial charge in [-0.05, 0) is 76.7 Å². The van der Waals surface area contributed by atoms with E-state index in [1.54, 1.807) is 48.7 Å². The first-order valence-corrected chi connectivity index (χ1v) is 9.83. The second-order valence-corrected chi connectivity index (χ2v) is 7.70. The highest BCUT2D eigenvalue weighted by Gasteiger charge is 2.07. The Kier molecular flexibility index (Phi) is 6.85. The largest absolute Gasteiger partial charge is 0.457 e. The molecule has 0 saturated heterocycles. The predicted octanol–water partition coefficient (Wildman–Crippen LogP) is 5.94. The minimum atomic E-state index is -0.404. The van der Waals surface area contributed by atoms with Crippen LogP contribution in [0.2, 0.25) is 10.0 Å². The second kappa shape index (κ2) is 9.34. The van der Waals surface area contributed by atoms with Crippen LogP contribution in [0.25, 0.3) is 17.4 Å². The molecule has 0 unspecified atom stereocenters. The van der Waals surface area contributed by atoms with Crippen LogP contribution < -0.4 is 10.6 Å². The minimum Gasteiger partial charge on any atom is -0.457 e. The van der Waals surface area contributed by atoms with Gasteiger partial charge >= 0.3 is 0 Å². The van der Waals surface area contributed by atoms with Crippen molar-refractivity contribution in [2.45, 2.75) is 0 Å². The van der Waals surface area contributed by atoms with Crippen molar-refractivity contribution in [3.8, 4) is 11.3 Å². The Labute approximate surface area is 184 Å². The number of carbonyl (C=O) groups is 1. The smallest absolute Gasteiger partial charge is 0.250 e. The first-order chi connectivity index (χ1) is 13.4. The Balaban J connectivity index is 1.59. The standard InChI is InChI=1S/C19H12BrCl2N3O2S/c20-12-1-5-17(23-10-12)24-19(28)25-18(26)6-3-15-2-4-16(27-15)11-7-13(21)9-14(22)8-11/h1-10H,(H2,23,24,25,26,28)/b6-3+. The molecule has 0 aliphatic heterocycles. The molecule has 2 heterocycles. The van der Waals surface area contributed by atoms with E-state index in [1.165, 1.54) is 12.2 Å².